The summed E-state index contributed by atoms with van der Waals surface area (Å²) in [7, 11) is 0. The van der Waals surface area contributed by atoms with Crippen molar-refractivity contribution in [2.75, 3.05) is 13.1 Å². The van der Waals surface area contributed by atoms with Gasteiger partial charge >= 0.3 is 5.97 Å². The first kappa shape index (κ1) is 16.3. The molecule has 0 aromatic heterocycles. The smallest absolute Gasteiger partial charge is 0.310 e. The average molecular weight is 295 g/mol. The molecular weight excluding hydrogens is 266 g/mol. The second-order valence-corrected chi connectivity index (χ2v) is 6.91. The highest BCUT2D eigenvalue weighted by atomic mass is 16.4. The number of carboxylic acids is 1. The highest BCUT2D eigenvalue weighted by molar-refractivity contribution is 5.85. The minimum Gasteiger partial charge on any atom is -0.481 e. The first-order valence-corrected chi connectivity index (χ1v) is 8.58. The van der Waals surface area contributed by atoms with Gasteiger partial charge in [0, 0.05) is 19.5 Å². The quantitative estimate of drug-likeness (QED) is 0.764. The van der Waals surface area contributed by atoms with Crippen molar-refractivity contribution >= 4 is 11.9 Å². The van der Waals surface area contributed by atoms with Crippen LogP contribution in [0.5, 0.6) is 0 Å². The number of hydrogen-bond acceptors (Lipinski definition) is 2. The molecule has 2 aliphatic carbocycles. The number of aliphatic carboxylic acids is 1. The van der Waals surface area contributed by atoms with Gasteiger partial charge in [-0.2, -0.15) is 0 Å². The third-order valence-corrected chi connectivity index (χ3v) is 5.44. The second kappa shape index (κ2) is 7.28. The maximum atomic E-state index is 12.6. The van der Waals surface area contributed by atoms with E-state index in [1.807, 2.05) is 11.8 Å². The summed E-state index contributed by atoms with van der Waals surface area (Å²) in [5.74, 6) is -0.0741. The third-order valence-electron chi connectivity index (χ3n) is 5.44. The lowest BCUT2D eigenvalue weighted by Crippen LogP contribution is -2.42. The van der Waals surface area contributed by atoms with E-state index >= 15 is 0 Å². The summed E-state index contributed by atoms with van der Waals surface area (Å²) in [6.07, 6.45) is 9.30. The van der Waals surface area contributed by atoms with Crippen LogP contribution < -0.4 is 0 Å². The zero-order valence-corrected chi connectivity index (χ0v) is 13.3. The Labute approximate surface area is 127 Å². The lowest BCUT2D eigenvalue weighted by Gasteiger charge is -2.34. The summed E-state index contributed by atoms with van der Waals surface area (Å²) in [5, 5.41) is 9.69. The Morgan fingerprint density at radius 2 is 1.71 bits per heavy atom. The van der Waals surface area contributed by atoms with Gasteiger partial charge in [-0.3, -0.25) is 9.59 Å². The molecule has 0 unspecified atom stereocenters. The molecule has 0 bridgehead atoms. The van der Waals surface area contributed by atoms with Crippen LogP contribution >= 0.6 is 0 Å². The van der Waals surface area contributed by atoms with Gasteiger partial charge in [-0.25, -0.2) is 0 Å². The minimum absolute atomic E-state index is 0.0497. The number of nitrogens with zero attached hydrogens (tertiary/aromatic N) is 1. The minimum atomic E-state index is -0.805. The van der Waals surface area contributed by atoms with Gasteiger partial charge in [-0.15, -0.1) is 0 Å². The summed E-state index contributed by atoms with van der Waals surface area (Å²) in [6.45, 7) is 3.52. The van der Waals surface area contributed by atoms with E-state index in [1.54, 1.807) is 0 Å². The lowest BCUT2D eigenvalue weighted by molar-refractivity contribution is -0.155. The largest absolute Gasteiger partial charge is 0.481 e. The van der Waals surface area contributed by atoms with Crippen molar-refractivity contribution in [2.24, 2.45) is 11.3 Å². The van der Waals surface area contributed by atoms with Gasteiger partial charge < -0.3 is 10.0 Å². The van der Waals surface area contributed by atoms with Gasteiger partial charge in [-0.05, 0) is 38.5 Å². The molecule has 21 heavy (non-hydrogen) atoms. The van der Waals surface area contributed by atoms with Crippen LogP contribution in [0.3, 0.4) is 0 Å². The lowest BCUT2D eigenvalue weighted by atomic mass is 9.77. The summed E-state index contributed by atoms with van der Waals surface area (Å²) in [6, 6.07) is 0. The highest BCUT2D eigenvalue weighted by Crippen LogP contribution is 2.39. The van der Waals surface area contributed by atoms with Crippen molar-refractivity contribution in [3.63, 3.8) is 0 Å². The van der Waals surface area contributed by atoms with E-state index in [0.29, 0.717) is 25.3 Å². The zero-order valence-electron chi connectivity index (χ0n) is 13.3. The van der Waals surface area contributed by atoms with Gasteiger partial charge in [-0.1, -0.05) is 32.1 Å². The van der Waals surface area contributed by atoms with Crippen molar-refractivity contribution in [3.8, 4) is 0 Å². The Hall–Kier alpha value is -1.06. The molecule has 120 valence electrons. The Balaban J connectivity index is 2.00. The fourth-order valence-corrected chi connectivity index (χ4v) is 3.67. The Kier molecular flexibility index (Phi) is 5.65. The van der Waals surface area contributed by atoms with E-state index in [0.717, 1.165) is 32.2 Å². The Bertz CT molecular complexity index is 368. The summed E-state index contributed by atoms with van der Waals surface area (Å²) >= 11 is 0. The molecule has 0 heterocycles. The SMILES string of the molecule is CCN(CC1CCC1)C(=O)CC1(C(=O)O)CCCCCC1. The van der Waals surface area contributed by atoms with Crippen LogP contribution in [0.4, 0.5) is 0 Å². The normalized spacial score (nSPS) is 22.1. The molecule has 4 nitrogen and oxygen atoms in total. The molecule has 0 radical (unpaired) electrons. The molecular formula is C17H29NO3. The Morgan fingerprint density at radius 1 is 1.10 bits per heavy atom. The van der Waals surface area contributed by atoms with E-state index in [-0.39, 0.29) is 12.3 Å². The number of carboxylic acid groups (broad SMARTS) is 1. The van der Waals surface area contributed by atoms with E-state index in [9.17, 15) is 14.7 Å². The predicted octanol–water partition coefficient (Wildman–Crippen LogP) is 3.45. The van der Waals surface area contributed by atoms with Crippen LogP contribution in [0.25, 0.3) is 0 Å². The molecule has 0 saturated heterocycles. The fraction of sp³-hybridized carbons (Fsp3) is 0.882. The van der Waals surface area contributed by atoms with Gasteiger partial charge in [0.15, 0.2) is 0 Å². The number of rotatable bonds is 6. The molecule has 2 saturated carbocycles. The van der Waals surface area contributed by atoms with E-state index in [1.165, 1.54) is 19.3 Å². The van der Waals surface area contributed by atoms with E-state index in [2.05, 4.69) is 0 Å². The van der Waals surface area contributed by atoms with Crippen molar-refractivity contribution in [1.82, 2.24) is 4.90 Å². The summed E-state index contributed by atoms with van der Waals surface area (Å²) in [4.78, 5) is 26.3. The standard InChI is InChI=1S/C17H29NO3/c1-2-18(13-14-8-7-9-14)15(19)12-17(16(20)21)10-5-3-4-6-11-17/h14H,2-13H2,1H3,(H,20,21). The topological polar surface area (TPSA) is 57.6 Å². The van der Waals surface area contributed by atoms with E-state index < -0.39 is 11.4 Å². The number of hydrogen-bond donors (Lipinski definition) is 1. The molecule has 0 aliphatic heterocycles. The van der Waals surface area contributed by atoms with Crippen molar-refractivity contribution in [1.29, 1.82) is 0 Å². The van der Waals surface area contributed by atoms with Crippen LogP contribution in [0, 0.1) is 11.3 Å². The predicted molar refractivity (Wildman–Crippen MR) is 82.0 cm³/mol. The van der Waals surface area contributed by atoms with Gasteiger partial charge in [0.25, 0.3) is 0 Å². The van der Waals surface area contributed by atoms with Crippen LogP contribution in [0.1, 0.15) is 71.1 Å². The van der Waals surface area contributed by atoms with Gasteiger partial charge in [0.2, 0.25) is 5.91 Å². The molecule has 2 aliphatic rings. The number of carbonyl (C=O) groups excluding carboxylic acids is 1. The summed E-state index contributed by atoms with van der Waals surface area (Å²) < 4.78 is 0. The molecule has 0 atom stereocenters. The van der Waals surface area contributed by atoms with Crippen molar-refractivity contribution in [2.45, 2.75) is 71.1 Å². The first-order valence-electron chi connectivity index (χ1n) is 8.58. The zero-order chi connectivity index (χ0) is 15.3. The molecule has 4 heteroatoms. The molecule has 2 fully saturated rings. The van der Waals surface area contributed by atoms with Crippen LogP contribution in [-0.2, 0) is 9.59 Å². The monoisotopic (exact) mass is 295 g/mol. The second-order valence-electron chi connectivity index (χ2n) is 6.91. The molecule has 2 rings (SSSR count). The molecule has 1 N–H and O–H groups in total. The average Bonchev–Trinajstić information content (AvgIpc) is 2.64. The van der Waals surface area contributed by atoms with Gasteiger partial charge in [0.05, 0.1) is 5.41 Å². The molecule has 0 aromatic rings. The molecule has 1 amide bonds. The highest BCUT2D eigenvalue weighted by Gasteiger charge is 2.41. The maximum absolute atomic E-state index is 12.6. The van der Waals surface area contributed by atoms with Crippen LogP contribution in [0.15, 0.2) is 0 Å². The number of amides is 1. The van der Waals surface area contributed by atoms with E-state index in [4.69, 9.17) is 0 Å². The Morgan fingerprint density at radius 3 is 2.14 bits per heavy atom. The van der Waals surface area contributed by atoms with Crippen LogP contribution in [-0.4, -0.2) is 35.0 Å². The molecule has 0 spiro atoms. The van der Waals surface area contributed by atoms with Crippen molar-refractivity contribution < 1.29 is 14.7 Å². The van der Waals surface area contributed by atoms with Crippen molar-refractivity contribution in [3.05, 3.63) is 0 Å². The van der Waals surface area contributed by atoms with Crippen LogP contribution in [0.2, 0.25) is 0 Å². The first-order chi connectivity index (χ1) is 10.1. The fourth-order valence-electron chi connectivity index (χ4n) is 3.67. The molecule has 0 aromatic carbocycles. The van der Waals surface area contributed by atoms with Gasteiger partial charge in [0.1, 0.15) is 0 Å². The summed E-state index contributed by atoms with van der Waals surface area (Å²) in [5.41, 5.74) is -0.805. The third kappa shape index (κ3) is 3.98. The number of carbonyl (C=O) groups is 2. The maximum Gasteiger partial charge on any atom is 0.310 e.